The van der Waals surface area contributed by atoms with Gasteiger partial charge in [0.1, 0.15) is 11.6 Å². The highest BCUT2D eigenvalue weighted by molar-refractivity contribution is 6.05. The summed E-state index contributed by atoms with van der Waals surface area (Å²) in [6.45, 7) is 4.46. The van der Waals surface area contributed by atoms with Crippen LogP contribution in [0.2, 0.25) is 0 Å². The maximum Gasteiger partial charge on any atom is 0.258 e. The third kappa shape index (κ3) is 5.85. The minimum Gasteiger partial charge on any atom is -0.494 e. The summed E-state index contributed by atoms with van der Waals surface area (Å²) in [4.78, 5) is 16.5. The fourth-order valence-corrected chi connectivity index (χ4v) is 4.84. The third-order valence-corrected chi connectivity index (χ3v) is 6.85. The van der Waals surface area contributed by atoms with Crippen molar-refractivity contribution >= 4 is 17.3 Å². The highest BCUT2D eigenvalue weighted by atomic mass is 19.1. The lowest BCUT2D eigenvalue weighted by molar-refractivity contribution is 0.0993. The number of hydrogen-bond donors (Lipinski definition) is 1. The molecule has 0 aromatic heterocycles. The summed E-state index contributed by atoms with van der Waals surface area (Å²) in [5.74, 6) is 0.294. The second-order valence-corrected chi connectivity index (χ2v) is 9.31. The summed E-state index contributed by atoms with van der Waals surface area (Å²) in [5, 5.41) is 3.75. The summed E-state index contributed by atoms with van der Waals surface area (Å²) < 4.78 is 20.7. The van der Waals surface area contributed by atoms with Crippen LogP contribution in [0.1, 0.15) is 62.2 Å². The Balaban J connectivity index is 1.36. The van der Waals surface area contributed by atoms with Gasteiger partial charge in [0.15, 0.2) is 0 Å². The van der Waals surface area contributed by atoms with E-state index in [-0.39, 0.29) is 11.7 Å². The minimum absolute atomic E-state index is 0.177. The first-order valence-electron chi connectivity index (χ1n) is 12.4. The van der Waals surface area contributed by atoms with E-state index in [1.807, 2.05) is 18.2 Å². The Kier molecular flexibility index (Phi) is 7.86. The van der Waals surface area contributed by atoms with E-state index in [0.717, 1.165) is 38.1 Å². The molecule has 5 nitrogen and oxygen atoms in total. The van der Waals surface area contributed by atoms with Gasteiger partial charge in [0.05, 0.1) is 12.3 Å². The van der Waals surface area contributed by atoms with Crippen molar-refractivity contribution in [2.75, 3.05) is 36.5 Å². The normalized spacial score (nSPS) is 18.6. The molecule has 0 radical (unpaired) electrons. The standard InChI is InChI=1S/C27H36FN3O2/c1-3-4-17-33-24-12-9-20(10-13-24)27(32)30(2)23-11-14-26(25(28)18-23)31-16-15-22(19-31)29-21-7-5-6-8-21/h9-14,18,21-22,29H,3-8,15-17,19H2,1-2H3. The van der Waals surface area contributed by atoms with Crippen molar-refractivity contribution in [2.45, 2.75) is 64.0 Å². The molecule has 33 heavy (non-hydrogen) atoms. The Bertz CT molecular complexity index is 927. The Labute approximate surface area is 196 Å². The quantitative estimate of drug-likeness (QED) is 0.517. The Hall–Kier alpha value is -2.60. The zero-order chi connectivity index (χ0) is 23.2. The molecule has 1 aliphatic heterocycles. The van der Waals surface area contributed by atoms with E-state index in [2.05, 4.69) is 17.1 Å². The van der Waals surface area contributed by atoms with Gasteiger partial charge in [-0.3, -0.25) is 4.79 Å². The Morgan fingerprint density at radius 1 is 1.12 bits per heavy atom. The van der Waals surface area contributed by atoms with Crippen LogP contribution in [0.25, 0.3) is 0 Å². The van der Waals surface area contributed by atoms with Crippen molar-refractivity contribution in [3.05, 3.63) is 53.8 Å². The highest BCUT2D eigenvalue weighted by Gasteiger charge is 2.27. The highest BCUT2D eigenvalue weighted by Crippen LogP contribution is 2.29. The summed E-state index contributed by atoms with van der Waals surface area (Å²) >= 11 is 0. The van der Waals surface area contributed by atoms with Crippen molar-refractivity contribution in [3.63, 3.8) is 0 Å². The molecule has 2 fully saturated rings. The van der Waals surface area contributed by atoms with Gasteiger partial charge >= 0.3 is 0 Å². The van der Waals surface area contributed by atoms with E-state index in [0.29, 0.717) is 35.6 Å². The molecule has 2 aliphatic rings. The van der Waals surface area contributed by atoms with Crippen molar-refractivity contribution in [3.8, 4) is 5.75 Å². The predicted octanol–water partition coefficient (Wildman–Crippen LogP) is 5.39. The molecule has 1 aliphatic carbocycles. The van der Waals surface area contributed by atoms with Crippen LogP contribution >= 0.6 is 0 Å². The van der Waals surface area contributed by atoms with Gasteiger partial charge in [-0.1, -0.05) is 26.2 Å². The van der Waals surface area contributed by atoms with E-state index in [1.165, 1.54) is 36.6 Å². The van der Waals surface area contributed by atoms with E-state index in [1.54, 1.807) is 25.2 Å². The molecule has 1 saturated heterocycles. The number of ether oxygens (including phenoxy) is 1. The van der Waals surface area contributed by atoms with E-state index in [9.17, 15) is 4.79 Å². The van der Waals surface area contributed by atoms with E-state index in [4.69, 9.17) is 4.74 Å². The number of carbonyl (C=O) groups excluding carboxylic acids is 1. The SMILES string of the molecule is CCCCOc1ccc(C(=O)N(C)c2ccc(N3CCC(NC4CCCC4)C3)c(F)c2)cc1. The van der Waals surface area contributed by atoms with Crippen molar-refractivity contribution in [1.29, 1.82) is 0 Å². The molecule has 1 amide bonds. The second-order valence-electron chi connectivity index (χ2n) is 9.31. The smallest absolute Gasteiger partial charge is 0.258 e. The molecule has 1 atom stereocenters. The second kappa shape index (κ2) is 11.0. The van der Waals surface area contributed by atoms with E-state index >= 15 is 4.39 Å². The van der Waals surface area contributed by atoms with Crippen LogP contribution in [-0.4, -0.2) is 44.7 Å². The molecule has 1 heterocycles. The molecule has 1 saturated carbocycles. The van der Waals surface area contributed by atoms with Gasteiger partial charge in [-0.05, 0) is 68.1 Å². The molecule has 6 heteroatoms. The molecule has 0 spiro atoms. The minimum atomic E-state index is -0.284. The van der Waals surface area contributed by atoms with Gasteiger partial charge in [-0.15, -0.1) is 0 Å². The van der Waals surface area contributed by atoms with Crippen LogP contribution in [0, 0.1) is 5.82 Å². The molecule has 0 bridgehead atoms. The van der Waals surface area contributed by atoms with Crippen LogP contribution in [0.5, 0.6) is 5.75 Å². The van der Waals surface area contributed by atoms with Gasteiger partial charge in [-0.25, -0.2) is 4.39 Å². The molecule has 2 aromatic rings. The first-order chi connectivity index (χ1) is 16.0. The number of amides is 1. The summed E-state index contributed by atoms with van der Waals surface area (Å²) in [7, 11) is 1.68. The van der Waals surface area contributed by atoms with Gasteiger partial charge in [0.2, 0.25) is 0 Å². The number of nitrogens with zero attached hydrogens (tertiary/aromatic N) is 2. The first kappa shape index (κ1) is 23.6. The van der Waals surface area contributed by atoms with Crippen molar-refractivity contribution < 1.29 is 13.9 Å². The third-order valence-electron chi connectivity index (χ3n) is 6.85. The van der Waals surface area contributed by atoms with E-state index < -0.39 is 0 Å². The maximum absolute atomic E-state index is 15.0. The Morgan fingerprint density at radius 3 is 2.58 bits per heavy atom. The summed E-state index contributed by atoms with van der Waals surface area (Å²) in [5.41, 5.74) is 1.71. The van der Waals surface area contributed by atoms with Gasteiger partial charge in [0.25, 0.3) is 5.91 Å². The van der Waals surface area contributed by atoms with Crippen molar-refractivity contribution in [1.82, 2.24) is 5.32 Å². The van der Waals surface area contributed by atoms with Crippen LogP contribution in [-0.2, 0) is 0 Å². The largest absolute Gasteiger partial charge is 0.494 e. The zero-order valence-corrected chi connectivity index (χ0v) is 19.9. The number of hydrogen-bond acceptors (Lipinski definition) is 4. The number of halogens is 1. The number of anilines is 2. The number of unbranched alkanes of at least 4 members (excludes halogenated alkanes) is 1. The van der Waals surface area contributed by atoms with Gasteiger partial charge in [0, 0.05) is 43.5 Å². The molecule has 1 unspecified atom stereocenters. The van der Waals surface area contributed by atoms with Crippen LogP contribution < -0.4 is 19.9 Å². The topological polar surface area (TPSA) is 44.8 Å². The monoisotopic (exact) mass is 453 g/mol. The van der Waals surface area contributed by atoms with Crippen LogP contribution in [0.4, 0.5) is 15.8 Å². The average molecular weight is 454 g/mol. The van der Waals surface area contributed by atoms with Gasteiger partial charge < -0.3 is 19.9 Å². The van der Waals surface area contributed by atoms with Crippen molar-refractivity contribution in [2.24, 2.45) is 0 Å². The fourth-order valence-electron chi connectivity index (χ4n) is 4.84. The lowest BCUT2D eigenvalue weighted by atomic mass is 10.1. The molecular formula is C27H36FN3O2. The summed E-state index contributed by atoms with van der Waals surface area (Å²) in [6, 6.07) is 13.3. The van der Waals surface area contributed by atoms with Crippen LogP contribution in [0.3, 0.4) is 0 Å². The molecule has 1 N–H and O–H groups in total. The lowest BCUT2D eigenvalue weighted by Crippen LogP contribution is -2.38. The first-order valence-corrected chi connectivity index (χ1v) is 12.4. The average Bonchev–Trinajstić information content (AvgIpc) is 3.51. The summed E-state index contributed by atoms with van der Waals surface area (Å²) in [6.07, 6.45) is 8.25. The molecule has 178 valence electrons. The van der Waals surface area contributed by atoms with Gasteiger partial charge in [-0.2, -0.15) is 0 Å². The zero-order valence-electron chi connectivity index (χ0n) is 19.9. The molecule has 2 aromatic carbocycles. The molecule has 4 rings (SSSR count). The number of nitrogens with one attached hydrogen (secondary N) is 1. The van der Waals surface area contributed by atoms with Crippen LogP contribution in [0.15, 0.2) is 42.5 Å². The number of carbonyl (C=O) groups is 1. The lowest BCUT2D eigenvalue weighted by Gasteiger charge is -2.23. The predicted molar refractivity (Wildman–Crippen MR) is 132 cm³/mol. The molecular weight excluding hydrogens is 417 g/mol. The number of benzene rings is 2. The number of rotatable bonds is 9. The fraction of sp³-hybridized carbons (Fsp3) is 0.519. The Morgan fingerprint density at radius 2 is 1.88 bits per heavy atom. The maximum atomic E-state index is 15.0.